The van der Waals surface area contributed by atoms with Gasteiger partial charge in [0.25, 0.3) is 0 Å². The van der Waals surface area contributed by atoms with Crippen molar-refractivity contribution in [3.8, 4) is 22.9 Å². The molecule has 0 saturated heterocycles. The normalized spacial score (nSPS) is 9.88. The second-order valence-electron chi connectivity index (χ2n) is 3.10. The Morgan fingerprint density at radius 1 is 1.06 bits per heavy atom. The molecule has 2 aromatic rings. The monoisotopic (exact) mass is 215 g/mol. The number of benzene rings is 1. The van der Waals surface area contributed by atoms with Crippen LogP contribution in [0.1, 0.15) is 0 Å². The summed E-state index contributed by atoms with van der Waals surface area (Å²) in [6, 6.07) is 12.3. The lowest BCUT2D eigenvalue weighted by Gasteiger charge is -2.07. The first-order valence-corrected chi connectivity index (χ1v) is 4.77. The van der Waals surface area contributed by atoms with Crippen LogP contribution in [0.15, 0.2) is 30.3 Å². The fraction of sp³-hybridized carbons (Fsp3) is 0.167. The molecule has 2 rings (SSSR count). The molecule has 0 spiro atoms. The molecular weight excluding hydrogens is 204 g/mol. The molecule has 1 heterocycles. The summed E-state index contributed by atoms with van der Waals surface area (Å²) < 4.78 is 10.2. The van der Waals surface area contributed by atoms with E-state index in [0.29, 0.717) is 11.8 Å². The smallest absolute Gasteiger partial charge is 0.241 e. The molecule has 1 radical (unpaired) electrons. The zero-order valence-electron chi connectivity index (χ0n) is 9.10. The molecule has 1 aromatic carbocycles. The van der Waals surface area contributed by atoms with Crippen LogP contribution in [-0.2, 0) is 0 Å². The number of methoxy groups -OCH3 is 2. The summed E-state index contributed by atoms with van der Waals surface area (Å²) in [5.74, 6) is 0.940. The molecule has 0 aliphatic heterocycles. The lowest BCUT2D eigenvalue weighted by atomic mass is 10.1. The van der Waals surface area contributed by atoms with Crippen LogP contribution >= 0.6 is 0 Å². The van der Waals surface area contributed by atoms with Crippen LogP contribution in [0.25, 0.3) is 11.1 Å². The summed E-state index contributed by atoms with van der Waals surface area (Å²) in [6.45, 7) is 0. The Bertz CT molecular complexity index is 472. The first-order valence-electron chi connectivity index (χ1n) is 4.77. The van der Waals surface area contributed by atoms with Gasteiger partial charge in [0.15, 0.2) is 0 Å². The van der Waals surface area contributed by atoms with Crippen molar-refractivity contribution >= 4 is 0 Å². The summed E-state index contributed by atoms with van der Waals surface area (Å²) in [5, 5.41) is 7.79. The summed E-state index contributed by atoms with van der Waals surface area (Å²) >= 11 is 0. The predicted molar refractivity (Wildman–Crippen MR) is 59.4 cm³/mol. The molecule has 0 atom stereocenters. The maximum atomic E-state index is 5.16. The van der Waals surface area contributed by atoms with E-state index in [9.17, 15) is 0 Å². The van der Waals surface area contributed by atoms with Crippen molar-refractivity contribution in [2.45, 2.75) is 0 Å². The second kappa shape index (κ2) is 4.61. The van der Waals surface area contributed by atoms with Crippen LogP contribution in [0.4, 0.5) is 0 Å². The van der Waals surface area contributed by atoms with Gasteiger partial charge in [0.2, 0.25) is 11.8 Å². The van der Waals surface area contributed by atoms with Gasteiger partial charge in [-0.05, 0) is 11.6 Å². The van der Waals surface area contributed by atoms with Gasteiger partial charge >= 0.3 is 0 Å². The molecular formula is C12H11N2O2. The Labute approximate surface area is 93.9 Å². The standard InChI is InChI=1S/C12H11N2O2/c1-15-11-8-10(12(16-2)14-13-11)9-6-4-3-5-7-9/h4-8H,1-2H3. The van der Waals surface area contributed by atoms with Gasteiger partial charge in [-0.25, -0.2) is 0 Å². The average Bonchev–Trinajstić information content (AvgIpc) is 2.39. The highest BCUT2D eigenvalue weighted by Crippen LogP contribution is 2.29. The number of hydrogen-bond donors (Lipinski definition) is 0. The Hall–Kier alpha value is -2.10. The highest BCUT2D eigenvalue weighted by molar-refractivity contribution is 5.68. The minimum absolute atomic E-state index is 0.462. The minimum Gasteiger partial charge on any atom is -0.480 e. The third kappa shape index (κ3) is 1.95. The van der Waals surface area contributed by atoms with Crippen molar-refractivity contribution < 1.29 is 9.47 Å². The van der Waals surface area contributed by atoms with E-state index in [0.717, 1.165) is 11.1 Å². The molecule has 0 bridgehead atoms. The first-order chi connectivity index (χ1) is 7.85. The fourth-order valence-corrected chi connectivity index (χ4v) is 1.39. The zero-order valence-corrected chi connectivity index (χ0v) is 9.10. The molecule has 81 valence electrons. The number of rotatable bonds is 3. The van der Waals surface area contributed by atoms with E-state index in [2.05, 4.69) is 16.3 Å². The van der Waals surface area contributed by atoms with Crippen LogP contribution in [0.2, 0.25) is 0 Å². The minimum atomic E-state index is 0.462. The molecule has 4 nitrogen and oxygen atoms in total. The molecule has 0 N–H and O–H groups in total. The maximum Gasteiger partial charge on any atom is 0.241 e. The van der Waals surface area contributed by atoms with E-state index < -0.39 is 0 Å². The fourth-order valence-electron chi connectivity index (χ4n) is 1.39. The number of ether oxygens (including phenoxy) is 2. The van der Waals surface area contributed by atoms with Gasteiger partial charge in [0, 0.05) is 6.07 Å². The maximum absolute atomic E-state index is 5.16. The largest absolute Gasteiger partial charge is 0.480 e. The molecule has 0 fully saturated rings. The van der Waals surface area contributed by atoms with Gasteiger partial charge in [0.1, 0.15) is 0 Å². The summed E-state index contributed by atoms with van der Waals surface area (Å²) in [5.41, 5.74) is 1.84. The van der Waals surface area contributed by atoms with Gasteiger partial charge in [-0.3, -0.25) is 0 Å². The molecule has 0 amide bonds. The van der Waals surface area contributed by atoms with Crippen LogP contribution in [-0.4, -0.2) is 24.4 Å². The number of hydrogen-bond acceptors (Lipinski definition) is 4. The van der Waals surface area contributed by atoms with Crippen molar-refractivity contribution in [2.24, 2.45) is 0 Å². The van der Waals surface area contributed by atoms with Crippen molar-refractivity contribution in [3.05, 3.63) is 36.4 Å². The van der Waals surface area contributed by atoms with E-state index in [4.69, 9.17) is 9.47 Å². The van der Waals surface area contributed by atoms with Gasteiger partial charge in [-0.1, -0.05) is 24.3 Å². The highest BCUT2D eigenvalue weighted by atomic mass is 16.5. The third-order valence-electron chi connectivity index (χ3n) is 2.17. The van der Waals surface area contributed by atoms with Gasteiger partial charge < -0.3 is 9.47 Å². The summed E-state index contributed by atoms with van der Waals surface area (Å²) in [4.78, 5) is 0. The number of nitrogens with zero attached hydrogens (tertiary/aromatic N) is 2. The topological polar surface area (TPSA) is 44.2 Å². The van der Waals surface area contributed by atoms with Crippen molar-refractivity contribution in [1.82, 2.24) is 10.2 Å². The highest BCUT2D eigenvalue weighted by Gasteiger charge is 2.09. The van der Waals surface area contributed by atoms with E-state index >= 15 is 0 Å². The van der Waals surface area contributed by atoms with E-state index in [1.54, 1.807) is 20.3 Å². The van der Waals surface area contributed by atoms with Gasteiger partial charge in [-0.2, -0.15) is 0 Å². The van der Waals surface area contributed by atoms with Crippen LogP contribution in [0, 0.1) is 6.07 Å². The Balaban J connectivity index is 2.53. The van der Waals surface area contributed by atoms with Crippen LogP contribution < -0.4 is 9.47 Å². The molecule has 1 aromatic heterocycles. The SMILES string of the molecule is COc1cc(-c2cc[c]cc2)c(OC)nn1. The van der Waals surface area contributed by atoms with Crippen LogP contribution in [0.3, 0.4) is 0 Å². The Morgan fingerprint density at radius 3 is 2.44 bits per heavy atom. The Kier molecular flexibility index (Phi) is 3.00. The van der Waals surface area contributed by atoms with Crippen LogP contribution in [0.5, 0.6) is 11.8 Å². The predicted octanol–water partition coefficient (Wildman–Crippen LogP) is 1.96. The zero-order chi connectivity index (χ0) is 11.4. The molecule has 0 aliphatic rings. The molecule has 0 unspecified atom stereocenters. The summed E-state index contributed by atoms with van der Waals surface area (Å²) in [6.07, 6.45) is 0. The summed E-state index contributed by atoms with van der Waals surface area (Å²) in [7, 11) is 3.12. The first kappa shape index (κ1) is 10.4. The van der Waals surface area contributed by atoms with Crippen molar-refractivity contribution in [2.75, 3.05) is 14.2 Å². The van der Waals surface area contributed by atoms with Gasteiger partial charge in [-0.15, -0.1) is 10.2 Å². The van der Waals surface area contributed by atoms with E-state index in [1.807, 2.05) is 24.3 Å². The average molecular weight is 215 g/mol. The lowest BCUT2D eigenvalue weighted by Crippen LogP contribution is -1.97. The molecule has 16 heavy (non-hydrogen) atoms. The van der Waals surface area contributed by atoms with E-state index in [1.165, 1.54) is 0 Å². The van der Waals surface area contributed by atoms with Crippen molar-refractivity contribution in [3.63, 3.8) is 0 Å². The van der Waals surface area contributed by atoms with E-state index in [-0.39, 0.29) is 0 Å². The molecule has 4 heteroatoms. The second-order valence-corrected chi connectivity index (χ2v) is 3.10. The lowest BCUT2D eigenvalue weighted by molar-refractivity contribution is 0.369. The number of aromatic nitrogens is 2. The van der Waals surface area contributed by atoms with Crippen molar-refractivity contribution in [1.29, 1.82) is 0 Å². The Morgan fingerprint density at radius 2 is 1.81 bits per heavy atom. The van der Waals surface area contributed by atoms with Gasteiger partial charge in [0.05, 0.1) is 19.8 Å². The third-order valence-corrected chi connectivity index (χ3v) is 2.17. The molecule has 0 saturated carbocycles. The quantitative estimate of drug-likeness (QED) is 0.785. The molecule has 0 aliphatic carbocycles.